The van der Waals surface area contributed by atoms with E-state index in [1.165, 1.54) is 0 Å². The lowest BCUT2D eigenvalue weighted by Gasteiger charge is -2.14. The first-order valence-corrected chi connectivity index (χ1v) is 7.82. The van der Waals surface area contributed by atoms with Gasteiger partial charge in [0.2, 0.25) is 0 Å². The van der Waals surface area contributed by atoms with Gasteiger partial charge in [-0.15, -0.1) is 0 Å². The van der Waals surface area contributed by atoms with Gasteiger partial charge in [0.05, 0.1) is 5.92 Å². The van der Waals surface area contributed by atoms with Gasteiger partial charge < -0.3 is 0 Å². The SMILES string of the molecule is CCCCCC(=O)C(CCCC)C(=O)c1ccccc1. The van der Waals surface area contributed by atoms with Gasteiger partial charge in [0.25, 0.3) is 0 Å². The molecule has 0 aliphatic heterocycles. The lowest BCUT2D eigenvalue weighted by Crippen LogP contribution is -2.24. The Labute approximate surface area is 122 Å². The molecule has 20 heavy (non-hydrogen) atoms. The van der Waals surface area contributed by atoms with Gasteiger partial charge in [0.15, 0.2) is 5.78 Å². The highest BCUT2D eigenvalue weighted by Crippen LogP contribution is 2.19. The highest BCUT2D eigenvalue weighted by Gasteiger charge is 2.26. The van der Waals surface area contributed by atoms with Crippen LogP contribution in [0, 0.1) is 5.92 Å². The normalized spacial score (nSPS) is 12.1. The second-order valence-corrected chi connectivity index (χ2v) is 5.35. The average molecular weight is 274 g/mol. The predicted octanol–water partition coefficient (Wildman–Crippen LogP) is 4.83. The molecule has 110 valence electrons. The number of carbonyl (C=O) groups excluding carboxylic acids is 2. The van der Waals surface area contributed by atoms with Gasteiger partial charge in [-0.25, -0.2) is 0 Å². The van der Waals surface area contributed by atoms with Crippen molar-refractivity contribution >= 4 is 11.6 Å². The van der Waals surface area contributed by atoms with Gasteiger partial charge >= 0.3 is 0 Å². The topological polar surface area (TPSA) is 34.1 Å². The zero-order chi connectivity index (χ0) is 14.8. The number of carbonyl (C=O) groups is 2. The molecule has 0 saturated carbocycles. The van der Waals surface area contributed by atoms with Crippen molar-refractivity contribution in [2.45, 2.75) is 58.8 Å². The van der Waals surface area contributed by atoms with Gasteiger partial charge in [-0.05, 0) is 12.8 Å². The second-order valence-electron chi connectivity index (χ2n) is 5.35. The molecule has 0 bridgehead atoms. The Morgan fingerprint density at radius 3 is 2.20 bits per heavy atom. The number of Topliss-reactive ketones (excluding diaryl/α,β-unsaturated/α-hetero) is 2. The average Bonchev–Trinajstić information content (AvgIpc) is 2.48. The number of benzene rings is 1. The van der Waals surface area contributed by atoms with Gasteiger partial charge in [-0.3, -0.25) is 9.59 Å². The van der Waals surface area contributed by atoms with Crippen molar-refractivity contribution in [1.29, 1.82) is 0 Å². The van der Waals surface area contributed by atoms with E-state index >= 15 is 0 Å². The zero-order valence-corrected chi connectivity index (χ0v) is 12.7. The van der Waals surface area contributed by atoms with E-state index in [0.29, 0.717) is 18.4 Å². The maximum atomic E-state index is 12.5. The van der Waals surface area contributed by atoms with Crippen LogP contribution in [0.3, 0.4) is 0 Å². The molecule has 0 amide bonds. The largest absolute Gasteiger partial charge is 0.299 e. The van der Waals surface area contributed by atoms with Crippen LogP contribution in [0.5, 0.6) is 0 Å². The monoisotopic (exact) mass is 274 g/mol. The first-order chi connectivity index (χ1) is 9.70. The van der Waals surface area contributed by atoms with Crippen LogP contribution < -0.4 is 0 Å². The van der Waals surface area contributed by atoms with Crippen molar-refractivity contribution in [1.82, 2.24) is 0 Å². The Morgan fingerprint density at radius 1 is 0.950 bits per heavy atom. The minimum Gasteiger partial charge on any atom is -0.299 e. The molecule has 0 aliphatic rings. The van der Waals surface area contributed by atoms with Gasteiger partial charge in [0, 0.05) is 12.0 Å². The minimum absolute atomic E-state index is 0.000508. The van der Waals surface area contributed by atoms with Crippen LogP contribution in [-0.4, -0.2) is 11.6 Å². The number of unbranched alkanes of at least 4 members (excludes halogenated alkanes) is 3. The van der Waals surface area contributed by atoms with Crippen molar-refractivity contribution < 1.29 is 9.59 Å². The third-order valence-corrected chi connectivity index (χ3v) is 3.64. The Bertz CT molecular complexity index is 409. The van der Waals surface area contributed by atoms with E-state index in [1.807, 2.05) is 18.2 Å². The highest BCUT2D eigenvalue weighted by atomic mass is 16.1. The van der Waals surface area contributed by atoms with E-state index in [4.69, 9.17) is 0 Å². The Morgan fingerprint density at radius 2 is 1.60 bits per heavy atom. The molecule has 0 aromatic heterocycles. The van der Waals surface area contributed by atoms with Crippen molar-refractivity contribution in [2.24, 2.45) is 5.92 Å². The molecule has 0 aliphatic carbocycles. The van der Waals surface area contributed by atoms with E-state index in [9.17, 15) is 9.59 Å². The van der Waals surface area contributed by atoms with Crippen molar-refractivity contribution in [2.75, 3.05) is 0 Å². The van der Waals surface area contributed by atoms with Crippen molar-refractivity contribution in [3.8, 4) is 0 Å². The summed E-state index contributed by atoms with van der Waals surface area (Å²) in [7, 11) is 0. The van der Waals surface area contributed by atoms with Gasteiger partial charge in [0.1, 0.15) is 5.78 Å². The molecule has 2 heteroatoms. The second kappa shape index (κ2) is 9.46. The van der Waals surface area contributed by atoms with Gasteiger partial charge in [-0.1, -0.05) is 69.9 Å². The zero-order valence-electron chi connectivity index (χ0n) is 12.7. The number of hydrogen-bond donors (Lipinski definition) is 0. The fraction of sp³-hybridized carbons (Fsp3) is 0.556. The van der Waals surface area contributed by atoms with E-state index in [-0.39, 0.29) is 11.6 Å². The van der Waals surface area contributed by atoms with Crippen LogP contribution in [0.2, 0.25) is 0 Å². The lowest BCUT2D eigenvalue weighted by atomic mass is 9.87. The predicted molar refractivity (Wildman–Crippen MR) is 82.9 cm³/mol. The first kappa shape index (κ1) is 16.6. The molecule has 2 nitrogen and oxygen atoms in total. The maximum Gasteiger partial charge on any atom is 0.173 e. The Balaban J connectivity index is 2.72. The molecule has 1 aromatic rings. The number of hydrogen-bond acceptors (Lipinski definition) is 2. The molecular formula is C18H26O2. The van der Waals surface area contributed by atoms with Crippen LogP contribution >= 0.6 is 0 Å². The standard InChI is InChI=1S/C18H26O2/c1-3-5-8-14-17(19)16(13-6-4-2)18(20)15-11-9-7-10-12-15/h7,9-12,16H,3-6,8,13-14H2,1-2H3. The molecule has 0 radical (unpaired) electrons. The smallest absolute Gasteiger partial charge is 0.173 e. The molecule has 1 unspecified atom stereocenters. The molecular weight excluding hydrogens is 248 g/mol. The fourth-order valence-electron chi connectivity index (χ4n) is 2.37. The van der Waals surface area contributed by atoms with E-state index in [0.717, 1.165) is 32.1 Å². The van der Waals surface area contributed by atoms with Crippen LogP contribution in [0.1, 0.15) is 69.2 Å². The molecule has 1 aromatic carbocycles. The number of ketones is 2. The summed E-state index contributed by atoms with van der Waals surface area (Å²) in [4.78, 5) is 24.8. The van der Waals surface area contributed by atoms with Crippen molar-refractivity contribution in [3.63, 3.8) is 0 Å². The minimum atomic E-state index is -0.436. The summed E-state index contributed by atoms with van der Waals surface area (Å²) in [5, 5.41) is 0. The molecule has 1 rings (SSSR count). The summed E-state index contributed by atoms with van der Waals surface area (Å²) < 4.78 is 0. The fourth-order valence-corrected chi connectivity index (χ4v) is 2.37. The van der Waals surface area contributed by atoms with Gasteiger partial charge in [-0.2, -0.15) is 0 Å². The lowest BCUT2D eigenvalue weighted by molar-refractivity contribution is -0.121. The van der Waals surface area contributed by atoms with Crippen LogP contribution in [0.15, 0.2) is 30.3 Å². The number of rotatable bonds is 10. The third kappa shape index (κ3) is 5.28. The summed E-state index contributed by atoms with van der Waals surface area (Å²) in [6.07, 6.45) is 6.24. The summed E-state index contributed by atoms with van der Waals surface area (Å²) in [5.74, 6) is -0.310. The summed E-state index contributed by atoms with van der Waals surface area (Å²) in [6, 6.07) is 9.21. The van der Waals surface area contributed by atoms with Crippen LogP contribution in [0.25, 0.3) is 0 Å². The summed E-state index contributed by atoms with van der Waals surface area (Å²) in [5.41, 5.74) is 0.664. The molecule has 0 N–H and O–H groups in total. The molecule has 1 atom stereocenters. The van der Waals surface area contributed by atoms with E-state index in [2.05, 4.69) is 13.8 Å². The van der Waals surface area contributed by atoms with Crippen LogP contribution in [0.4, 0.5) is 0 Å². The maximum absolute atomic E-state index is 12.5. The third-order valence-electron chi connectivity index (χ3n) is 3.64. The molecule has 0 fully saturated rings. The molecule has 0 spiro atoms. The molecule has 0 heterocycles. The van der Waals surface area contributed by atoms with Crippen LogP contribution in [-0.2, 0) is 4.79 Å². The summed E-state index contributed by atoms with van der Waals surface area (Å²) >= 11 is 0. The highest BCUT2D eigenvalue weighted by molar-refractivity contribution is 6.10. The first-order valence-electron chi connectivity index (χ1n) is 7.82. The van der Waals surface area contributed by atoms with E-state index < -0.39 is 5.92 Å². The van der Waals surface area contributed by atoms with E-state index in [1.54, 1.807) is 12.1 Å². The van der Waals surface area contributed by atoms with Crippen molar-refractivity contribution in [3.05, 3.63) is 35.9 Å². The molecule has 0 saturated heterocycles. The summed E-state index contributed by atoms with van der Waals surface area (Å²) in [6.45, 7) is 4.21. The Hall–Kier alpha value is -1.44. The Kier molecular flexibility index (Phi) is 7.86. The quantitative estimate of drug-likeness (QED) is 0.348.